The standard InChI is InChI=1S/C15H20N6O/c1-10-5-11(2)21(18-10)13-7-19(8-13)15(22)12-3-4-14-16-9-17-20(14)6-12/h5,9,12-13H,3-4,6-8H2,1-2H3. The van der Waals surface area contributed by atoms with Crippen LogP contribution in [-0.2, 0) is 17.8 Å². The zero-order valence-electron chi connectivity index (χ0n) is 12.9. The summed E-state index contributed by atoms with van der Waals surface area (Å²) in [4.78, 5) is 18.8. The Labute approximate surface area is 128 Å². The maximum atomic E-state index is 12.6. The minimum Gasteiger partial charge on any atom is -0.338 e. The van der Waals surface area contributed by atoms with E-state index >= 15 is 0 Å². The molecule has 7 nitrogen and oxygen atoms in total. The van der Waals surface area contributed by atoms with E-state index in [-0.39, 0.29) is 11.8 Å². The maximum absolute atomic E-state index is 12.6. The third-order valence-electron chi connectivity index (χ3n) is 4.72. The molecule has 116 valence electrons. The van der Waals surface area contributed by atoms with Crippen molar-refractivity contribution in [3.8, 4) is 0 Å². The summed E-state index contributed by atoms with van der Waals surface area (Å²) in [7, 11) is 0. The van der Waals surface area contributed by atoms with E-state index in [9.17, 15) is 4.79 Å². The van der Waals surface area contributed by atoms with Crippen LogP contribution < -0.4 is 0 Å². The van der Waals surface area contributed by atoms with Gasteiger partial charge in [-0.1, -0.05) is 0 Å². The summed E-state index contributed by atoms with van der Waals surface area (Å²) in [6.07, 6.45) is 3.29. The first kappa shape index (κ1) is 13.5. The van der Waals surface area contributed by atoms with Crippen LogP contribution in [0.1, 0.15) is 29.7 Å². The molecule has 4 heterocycles. The molecule has 1 unspecified atom stereocenters. The smallest absolute Gasteiger partial charge is 0.227 e. The van der Waals surface area contributed by atoms with Crippen molar-refractivity contribution in [2.24, 2.45) is 5.92 Å². The van der Waals surface area contributed by atoms with Crippen LogP contribution in [0.25, 0.3) is 0 Å². The highest BCUT2D eigenvalue weighted by atomic mass is 16.2. The molecule has 0 radical (unpaired) electrons. The SMILES string of the molecule is Cc1cc(C)n(C2CN(C(=O)C3CCc4ncnn4C3)C2)n1. The van der Waals surface area contributed by atoms with Gasteiger partial charge in [-0.05, 0) is 26.3 Å². The quantitative estimate of drug-likeness (QED) is 0.820. The fraction of sp³-hybridized carbons (Fsp3) is 0.600. The van der Waals surface area contributed by atoms with Gasteiger partial charge in [0, 0.05) is 25.2 Å². The normalized spacial score (nSPS) is 21.5. The average Bonchev–Trinajstić information content (AvgIpc) is 3.03. The summed E-state index contributed by atoms with van der Waals surface area (Å²) in [6, 6.07) is 2.40. The van der Waals surface area contributed by atoms with Crippen LogP contribution in [0.3, 0.4) is 0 Å². The lowest BCUT2D eigenvalue weighted by Crippen LogP contribution is -2.54. The Morgan fingerprint density at radius 3 is 2.82 bits per heavy atom. The van der Waals surface area contributed by atoms with Crippen molar-refractivity contribution >= 4 is 5.91 Å². The van der Waals surface area contributed by atoms with Crippen molar-refractivity contribution in [2.45, 2.75) is 39.3 Å². The number of hydrogen-bond donors (Lipinski definition) is 0. The molecule has 0 aliphatic carbocycles. The number of aryl methyl sites for hydroxylation is 3. The highest BCUT2D eigenvalue weighted by Crippen LogP contribution is 2.27. The van der Waals surface area contributed by atoms with E-state index in [2.05, 4.69) is 32.9 Å². The second-order valence-electron chi connectivity index (χ2n) is 6.36. The largest absolute Gasteiger partial charge is 0.338 e. The number of rotatable bonds is 2. The molecule has 0 saturated carbocycles. The van der Waals surface area contributed by atoms with Gasteiger partial charge in [-0.25, -0.2) is 9.67 Å². The minimum absolute atomic E-state index is 0.0376. The molecule has 1 fully saturated rings. The summed E-state index contributed by atoms with van der Waals surface area (Å²) in [5.41, 5.74) is 2.20. The topological polar surface area (TPSA) is 68.8 Å². The molecule has 1 atom stereocenters. The Kier molecular flexibility index (Phi) is 3.02. The van der Waals surface area contributed by atoms with Gasteiger partial charge in [0.15, 0.2) is 0 Å². The third-order valence-corrected chi connectivity index (χ3v) is 4.72. The Morgan fingerprint density at radius 1 is 1.27 bits per heavy atom. The van der Waals surface area contributed by atoms with Crippen molar-refractivity contribution < 1.29 is 4.79 Å². The third kappa shape index (κ3) is 2.12. The Bertz CT molecular complexity index is 711. The minimum atomic E-state index is 0.0376. The van der Waals surface area contributed by atoms with Gasteiger partial charge in [0.2, 0.25) is 5.91 Å². The molecular formula is C15H20N6O. The van der Waals surface area contributed by atoms with E-state index in [0.29, 0.717) is 12.6 Å². The molecule has 0 spiro atoms. The summed E-state index contributed by atoms with van der Waals surface area (Å²) >= 11 is 0. The van der Waals surface area contributed by atoms with E-state index in [4.69, 9.17) is 0 Å². The van der Waals surface area contributed by atoms with Crippen LogP contribution >= 0.6 is 0 Å². The maximum Gasteiger partial charge on any atom is 0.227 e. The molecule has 1 saturated heterocycles. The first-order valence-electron chi connectivity index (χ1n) is 7.80. The van der Waals surface area contributed by atoms with Crippen LogP contribution in [0, 0.1) is 19.8 Å². The van der Waals surface area contributed by atoms with Crippen LogP contribution in [0.15, 0.2) is 12.4 Å². The average molecular weight is 300 g/mol. The molecule has 1 amide bonds. The number of amides is 1. The van der Waals surface area contributed by atoms with Gasteiger partial charge in [-0.2, -0.15) is 10.2 Å². The number of likely N-dealkylation sites (tertiary alicyclic amines) is 1. The van der Waals surface area contributed by atoms with Gasteiger partial charge in [0.05, 0.1) is 24.2 Å². The van der Waals surface area contributed by atoms with Gasteiger partial charge >= 0.3 is 0 Å². The van der Waals surface area contributed by atoms with Crippen LogP contribution in [-0.4, -0.2) is 48.4 Å². The van der Waals surface area contributed by atoms with Crippen LogP contribution in [0.4, 0.5) is 0 Å². The predicted octanol–water partition coefficient (Wildman–Crippen LogP) is 0.737. The molecule has 2 aromatic rings. The van der Waals surface area contributed by atoms with Crippen molar-refractivity contribution in [3.05, 3.63) is 29.6 Å². The van der Waals surface area contributed by atoms with E-state index in [1.165, 1.54) is 5.69 Å². The molecular weight excluding hydrogens is 280 g/mol. The number of carbonyl (C=O) groups excluding carboxylic acids is 1. The summed E-state index contributed by atoms with van der Waals surface area (Å²) in [5, 5.41) is 8.71. The predicted molar refractivity (Wildman–Crippen MR) is 79.2 cm³/mol. The first-order valence-corrected chi connectivity index (χ1v) is 7.80. The lowest BCUT2D eigenvalue weighted by Gasteiger charge is -2.42. The van der Waals surface area contributed by atoms with Crippen molar-refractivity contribution in [3.63, 3.8) is 0 Å². The van der Waals surface area contributed by atoms with Crippen LogP contribution in [0.5, 0.6) is 0 Å². The van der Waals surface area contributed by atoms with E-state index < -0.39 is 0 Å². The zero-order chi connectivity index (χ0) is 15.3. The fourth-order valence-electron chi connectivity index (χ4n) is 3.50. The summed E-state index contributed by atoms with van der Waals surface area (Å²) in [6.45, 7) is 6.26. The fourth-order valence-corrected chi connectivity index (χ4v) is 3.50. The molecule has 4 rings (SSSR count). The van der Waals surface area contributed by atoms with Gasteiger partial charge in [0.25, 0.3) is 0 Å². The second kappa shape index (κ2) is 4.93. The van der Waals surface area contributed by atoms with Gasteiger partial charge in [-0.3, -0.25) is 9.48 Å². The monoisotopic (exact) mass is 300 g/mol. The van der Waals surface area contributed by atoms with Gasteiger partial charge in [-0.15, -0.1) is 0 Å². The molecule has 2 aromatic heterocycles. The van der Waals surface area contributed by atoms with Crippen molar-refractivity contribution in [1.82, 2.24) is 29.4 Å². The van der Waals surface area contributed by atoms with Gasteiger partial charge < -0.3 is 4.90 Å². The number of nitrogens with zero attached hydrogens (tertiary/aromatic N) is 6. The number of fused-ring (bicyclic) bond motifs is 1. The Morgan fingerprint density at radius 2 is 2.09 bits per heavy atom. The molecule has 7 heteroatoms. The highest BCUT2D eigenvalue weighted by Gasteiger charge is 2.37. The lowest BCUT2D eigenvalue weighted by molar-refractivity contribution is -0.142. The van der Waals surface area contributed by atoms with E-state index in [1.54, 1.807) is 6.33 Å². The molecule has 2 aliphatic heterocycles. The lowest BCUT2D eigenvalue weighted by atomic mass is 9.96. The Hall–Kier alpha value is -2.18. The Balaban J connectivity index is 1.39. The molecule has 0 N–H and O–H groups in total. The number of hydrogen-bond acceptors (Lipinski definition) is 4. The number of aromatic nitrogens is 5. The molecule has 22 heavy (non-hydrogen) atoms. The summed E-state index contributed by atoms with van der Waals surface area (Å²) in [5.74, 6) is 1.28. The zero-order valence-corrected chi connectivity index (χ0v) is 12.9. The van der Waals surface area contributed by atoms with Crippen LogP contribution in [0.2, 0.25) is 0 Å². The highest BCUT2D eigenvalue weighted by molar-refractivity contribution is 5.79. The first-order chi connectivity index (χ1) is 10.6. The molecule has 0 bridgehead atoms. The number of carbonyl (C=O) groups is 1. The molecule has 2 aliphatic rings. The van der Waals surface area contributed by atoms with Crippen molar-refractivity contribution in [1.29, 1.82) is 0 Å². The second-order valence-corrected chi connectivity index (χ2v) is 6.36. The molecule has 0 aromatic carbocycles. The van der Waals surface area contributed by atoms with Crippen molar-refractivity contribution in [2.75, 3.05) is 13.1 Å². The van der Waals surface area contributed by atoms with Gasteiger partial charge in [0.1, 0.15) is 12.2 Å². The van der Waals surface area contributed by atoms with E-state index in [0.717, 1.165) is 37.4 Å². The summed E-state index contributed by atoms with van der Waals surface area (Å²) < 4.78 is 3.92. The van der Waals surface area contributed by atoms with E-state index in [1.807, 2.05) is 16.5 Å².